The summed E-state index contributed by atoms with van der Waals surface area (Å²) < 4.78 is 1.28. The molecule has 1 nitrogen and oxygen atoms in total. The van der Waals surface area contributed by atoms with Crippen LogP contribution in [0, 0.1) is 0 Å². The predicted molar refractivity (Wildman–Crippen MR) is 93.2 cm³/mol. The van der Waals surface area contributed by atoms with Gasteiger partial charge in [-0.2, -0.15) is 0 Å². The van der Waals surface area contributed by atoms with Crippen molar-refractivity contribution in [3.05, 3.63) is 53.0 Å². The van der Waals surface area contributed by atoms with Crippen molar-refractivity contribution in [3.63, 3.8) is 0 Å². The van der Waals surface area contributed by atoms with Crippen LogP contribution in [0.3, 0.4) is 0 Å². The maximum Gasteiger partial charge on any atom is 0.0963 e. The smallest absolute Gasteiger partial charge is 0.0963 e. The molecule has 108 valence electrons. The molecule has 1 aromatic heterocycles. The van der Waals surface area contributed by atoms with E-state index in [1.807, 2.05) is 11.3 Å². The number of nitrogens with zero attached hydrogens (tertiary/aromatic N) is 1. The first-order valence-corrected chi connectivity index (χ1v) is 8.37. The quantitative estimate of drug-likeness (QED) is 0.559. The van der Waals surface area contributed by atoms with E-state index in [-0.39, 0.29) is 0 Å². The Balaban J connectivity index is 2.00. The van der Waals surface area contributed by atoms with E-state index >= 15 is 0 Å². The number of fused-ring (bicyclic) bond motifs is 1. The Kier molecular flexibility index (Phi) is 3.81. The van der Waals surface area contributed by atoms with Gasteiger partial charge in [0.25, 0.3) is 0 Å². The predicted octanol–water partition coefficient (Wildman–Crippen LogP) is 6.21. The average Bonchev–Trinajstić information content (AvgIpc) is 2.90. The fourth-order valence-corrected chi connectivity index (χ4v) is 3.44. The van der Waals surface area contributed by atoms with Gasteiger partial charge >= 0.3 is 0 Å². The van der Waals surface area contributed by atoms with Crippen LogP contribution in [0.4, 0.5) is 0 Å². The molecule has 0 amide bonds. The minimum atomic E-state index is 0.496. The lowest BCUT2D eigenvalue weighted by molar-refractivity contribution is 0.857. The molecule has 0 radical (unpaired) electrons. The Morgan fingerprint density at radius 1 is 0.810 bits per heavy atom. The van der Waals surface area contributed by atoms with Crippen LogP contribution < -0.4 is 0 Å². The molecule has 2 heteroatoms. The highest BCUT2D eigenvalue weighted by Crippen LogP contribution is 2.31. The lowest BCUT2D eigenvalue weighted by Gasteiger charge is -2.07. The summed E-state index contributed by atoms with van der Waals surface area (Å²) in [4.78, 5) is 4.70. The highest BCUT2D eigenvalue weighted by molar-refractivity contribution is 7.18. The molecule has 2 aromatic carbocycles. The fraction of sp³-hybridized carbons (Fsp3) is 0.316. The summed E-state index contributed by atoms with van der Waals surface area (Å²) in [6.45, 7) is 8.85. The van der Waals surface area contributed by atoms with Crippen molar-refractivity contribution in [2.45, 2.75) is 39.5 Å². The van der Waals surface area contributed by atoms with Crippen LogP contribution in [0.1, 0.15) is 50.1 Å². The van der Waals surface area contributed by atoms with Gasteiger partial charge in [-0.25, -0.2) is 4.98 Å². The second-order valence-electron chi connectivity index (χ2n) is 6.17. The summed E-state index contributed by atoms with van der Waals surface area (Å²) in [7, 11) is 0. The van der Waals surface area contributed by atoms with Gasteiger partial charge in [-0.15, -0.1) is 11.3 Å². The third-order valence-corrected chi connectivity index (χ3v) is 5.13. The van der Waals surface area contributed by atoms with Crippen molar-refractivity contribution >= 4 is 21.6 Å². The third kappa shape index (κ3) is 2.86. The first-order chi connectivity index (χ1) is 10.0. The van der Waals surface area contributed by atoms with Gasteiger partial charge in [-0.1, -0.05) is 58.0 Å². The highest BCUT2D eigenvalue weighted by atomic mass is 32.1. The van der Waals surface area contributed by atoms with E-state index in [4.69, 9.17) is 4.98 Å². The first kappa shape index (κ1) is 14.3. The summed E-state index contributed by atoms with van der Waals surface area (Å²) >= 11 is 1.81. The van der Waals surface area contributed by atoms with Gasteiger partial charge < -0.3 is 0 Å². The summed E-state index contributed by atoms with van der Waals surface area (Å²) in [5, 5.41) is 1.22. The Morgan fingerprint density at radius 3 is 2.10 bits per heavy atom. The van der Waals surface area contributed by atoms with Gasteiger partial charge in [0.05, 0.1) is 15.2 Å². The average molecular weight is 295 g/mol. The van der Waals surface area contributed by atoms with Crippen molar-refractivity contribution in [2.24, 2.45) is 0 Å². The summed E-state index contributed by atoms with van der Waals surface area (Å²) in [6.07, 6.45) is 0. The van der Waals surface area contributed by atoms with Crippen LogP contribution in [0.5, 0.6) is 0 Å². The number of hydrogen-bond donors (Lipinski definition) is 0. The van der Waals surface area contributed by atoms with E-state index in [1.165, 1.54) is 26.4 Å². The van der Waals surface area contributed by atoms with E-state index in [9.17, 15) is 0 Å². The van der Waals surface area contributed by atoms with Gasteiger partial charge in [-0.05, 0) is 34.7 Å². The topological polar surface area (TPSA) is 12.9 Å². The maximum atomic E-state index is 4.70. The van der Waals surface area contributed by atoms with Gasteiger partial charge in [0, 0.05) is 5.92 Å². The lowest BCUT2D eigenvalue weighted by atomic mass is 9.99. The zero-order chi connectivity index (χ0) is 15.0. The second kappa shape index (κ2) is 5.61. The highest BCUT2D eigenvalue weighted by Gasteiger charge is 2.08. The molecule has 0 N–H and O–H groups in total. The zero-order valence-electron chi connectivity index (χ0n) is 13.1. The number of thiazole rings is 1. The Morgan fingerprint density at radius 2 is 1.48 bits per heavy atom. The summed E-state index contributed by atoms with van der Waals surface area (Å²) in [5.41, 5.74) is 5.06. The molecule has 3 rings (SSSR count). The Bertz CT molecular complexity index is 751. The molecule has 0 saturated carbocycles. The lowest BCUT2D eigenvalue weighted by Crippen LogP contribution is -1.86. The van der Waals surface area contributed by atoms with Crippen LogP contribution in [0.2, 0.25) is 0 Å². The molecule has 0 aliphatic rings. The molecule has 0 aliphatic heterocycles. The minimum Gasteiger partial charge on any atom is -0.241 e. The summed E-state index contributed by atoms with van der Waals surface area (Å²) in [5.74, 6) is 1.08. The first-order valence-electron chi connectivity index (χ1n) is 7.55. The number of benzene rings is 2. The van der Waals surface area contributed by atoms with E-state index in [0.29, 0.717) is 11.8 Å². The normalized spacial score (nSPS) is 11.7. The van der Waals surface area contributed by atoms with E-state index in [1.54, 1.807) is 0 Å². The number of rotatable bonds is 3. The fourth-order valence-electron chi connectivity index (χ4n) is 2.43. The van der Waals surface area contributed by atoms with Crippen LogP contribution in [-0.4, -0.2) is 4.98 Å². The number of aromatic nitrogens is 1. The minimum absolute atomic E-state index is 0.496. The molecule has 1 heterocycles. The van der Waals surface area contributed by atoms with Crippen molar-refractivity contribution in [1.82, 2.24) is 4.98 Å². The standard InChI is InChI=1S/C19H21NS/c1-12(2)14-5-7-15(8-6-14)16-9-10-17-18(11-16)21-19(20-17)13(3)4/h5-13H,1-4H3. The van der Waals surface area contributed by atoms with Gasteiger partial charge in [0.2, 0.25) is 0 Å². The van der Waals surface area contributed by atoms with Crippen molar-refractivity contribution < 1.29 is 0 Å². The molecule has 0 atom stereocenters. The Labute approximate surface area is 130 Å². The molecule has 0 fully saturated rings. The molecule has 3 aromatic rings. The molecular weight excluding hydrogens is 274 g/mol. The van der Waals surface area contributed by atoms with Crippen LogP contribution in [-0.2, 0) is 0 Å². The number of hydrogen-bond acceptors (Lipinski definition) is 2. The second-order valence-corrected chi connectivity index (χ2v) is 7.23. The van der Waals surface area contributed by atoms with Gasteiger partial charge in [-0.3, -0.25) is 0 Å². The summed E-state index contributed by atoms with van der Waals surface area (Å²) in [6, 6.07) is 15.5. The molecule has 0 bridgehead atoms. The van der Waals surface area contributed by atoms with Crippen molar-refractivity contribution in [2.75, 3.05) is 0 Å². The molecule has 0 unspecified atom stereocenters. The largest absolute Gasteiger partial charge is 0.241 e. The zero-order valence-corrected chi connectivity index (χ0v) is 13.9. The van der Waals surface area contributed by atoms with Crippen LogP contribution in [0.25, 0.3) is 21.3 Å². The van der Waals surface area contributed by atoms with Crippen LogP contribution >= 0.6 is 11.3 Å². The molecular formula is C19H21NS. The SMILES string of the molecule is CC(C)c1ccc(-c2ccc3nc(C(C)C)sc3c2)cc1. The molecule has 0 saturated heterocycles. The van der Waals surface area contributed by atoms with Crippen molar-refractivity contribution in [1.29, 1.82) is 0 Å². The molecule has 0 aliphatic carbocycles. The van der Waals surface area contributed by atoms with Gasteiger partial charge in [0.15, 0.2) is 0 Å². The van der Waals surface area contributed by atoms with Gasteiger partial charge in [0.1, 0.15) is 0 Å². The van der Waals surface area contributed by atoms with E-state index in [0.717, 1.165) is 5.52 Å². The third-order valence-electron chi connectivity index (χ3n) is 3.81. The Hall–Kier alpha value is -1.67. The van der Waals surface area contributed by atoms with Crippen LogP contribution in [0.15, 0.2) is 42.5 Å². The van der Waals surface area contributed by atoms with E-state index in [2.05, 4.69) is 70.2 Å². The molecule has 21 heavy (non-hydrogen) atoms. The monoisotopic (exact) mass is 295 g/mol. The van der Waals surface area contributed by atoms with Crippen molar-refractivity contribution in [3.8, 4) is 11.1 Å². The maximum absolute atomic E-state index is 4.70. The van der Waals surface area contributed by atoms with E-state index < -0.39 is 0 Å². The molecule has 0 spiro atoms.